The molecular formula is C20H24N2O2. The number of benzene rings is 1. The summed E-state index contributed by atoms with van der Waals surface area (Å²) >= 11 is 0. The van der Waals surface area contributed by atoms with Crippen LogP contribution in [0.2, 0.25) is 0 Å². The van der Waals surface area contributed by atoms with Crippen LogP contribution in [-0.2, 0) is 17.7 Å². The molecule has 1 fully saturated rings. The first-order valence-electron chi connectivity index (χ1n) is 9.15. The quantitative estimate of drug-likeness (QED) is 0.789. The number of rotatable bonds is 3. The summed E-state index contributed by atoms with van der Waals surface area (Å²) in [5, 5.41) is 4.89. The van der Waals surface area contributed by atoms with E-state index in [1.807, 2.05) is 17.7 Å². The second-order valence-electron chi connectivity index (χ2n) is 6.79. The predicted octanol–water partition coefficient (Wildman–Crippen LogP) is 4.33. The number of carbonyl (C=O) groups excluding carboxylic acids is 1. The molecule has 0 atom stereocenters. The van der Waals surface area contributed by atoms with Crippen molar-refractivity contribution in [3.05, 3.63) is 41.1 Å². The third-order valence-corrected chi connectivity index (χ3v) is 5.32. The van der Waals surface area contributed by atoms with Crippen LogP contribution in [0.5, 0.6) is 0 Å². The third-order valence-electron chi connectivity index (χ3n) is 5.32. The van der Waals surface area contributed by atoms with Crippen LogP contribution in [0.3, 0.4) is 0 Å². The Bertz CT molecular complexity index is 757. The standard InChI is InChI=1S/C20H24N2O2/c1-2-24-20(23)17-18(15-9-4-3-5-10-15)21-22-13-12-14-8-6-7-11-16(14)19(17)22/h6-8,11,15H,2-5,9-10,12-13H2,1H3. The fourth-order valence-electron chi connectivity index (χ4n) is 4.18. The van der Waals surface area contributed by atoms with Gasteiger partial charge in [0.05, 0.1) is 18.0 Å². The molecule has 1 aromatic carbocycles. The molecule has 4 heteroatoms. The maximum atomic E-state index is 12.8. The number of hydrogen-bond donors (Lipinski definition) is 0. The van der Waals surface area contributed by atoms with Gasteiger partial charge in [-0.2, -0.15) is 5.10 Å². The number of hydrogen-bond acceptors (Lipinski definition) is 3. The summed E-state index contributed by atoms with van der Waals surface area (Å²) in [6.45, 7) is 3.10. The van der Waals surface area contributed by atoms with Gasteiger partial charge in [-0.25, -0.2) is 4.79 Å². The van der Waals surface area contributed by atoms with Crippen molar-refractivity contribution in [3.8, 4) is 11.3 Å². The lowest BCUT2D eigenvalue weighted by Gasteiger charge is -2.20. The smallest absolute Gasteiger partial charge is 0.342 e. The van der Waals surface area contributed by atoms with Crippen molar-refractivity contribution in [1.82, 2.24) is 9.78 Å². The molecule has 1 aliphatic carbocycles. The van der Waals surface area contributed by atoms with Gasteiger partial charge in [0.25, 0.3) is 0 Å². The maximum Gasteiger partial charge on any atom is 0.342 e. The Morgan fingerprint density at radius 1 is 1.25 bits per heavy atom. The molecule has 0 radical (unpaired) electrons. The van der Waals surface area contributed by atoms with Gasteiger partial charge < -0.3 is 4.74 Å². The van der Waals surface area contributed by atoms with Crippen molar-refractivity contribution in [3.63, 3.8) is 0 Å². The fraction of sp³-hybridized carbons (Fsp3) is 0.500. The van der Waals surface area contributed by atoms with Gasteiger partial charge in [-0.05, 0) is 31.7 Å². The van der Waals surface area contributed by atoms with E-state index in [1.165, 1.54) is 24.8 Å². The third kappa shape index (κ3) is 2.54. The Labute approximate surface area is 142 Å². The molecule has 0 saturated heterocycles. The van der Waals surface area contributed by atoms with E-state index in [2.05, 4.69) is 18.2 Å². The van der Waals surface area contributed by atoms with Gasteiger partial charge in [0.15, 0.2) is 0 Å². The number of nitrogens with zero attached hydrogens (tertiary/aromatic N) is 2. The van der Waals surface area contributed by atoms with E-state index in [-0.39, 0.29) is 5.97 Å². The number of aromatic nitrogens is 2. The highest BCUT2D eigenvalue weighted by atomic mass is 16.5. The molecule has 0 spiro atoms. The first-order valence-corrected chi connectivity index (χ1v) is 9.15. The maximum absolute atomic E-state index is 12.8. The van der Waals surface area contributed by atoms with E-state index in [4.69, 9.17) is 9.84 Å². The molecule has 1 saturated carbocycles. The molecule has 126 valence electrons. The molecule has 0 bridgehead atoms. The molecule has 2 aromatic rings. The molecule has 4 rings (SSSR count). The molecule has 1 aliphatic heterocycles. The summed E-state index contributed by atoms with van der Waals surface area (Å²) < 4.78 is 7.45. The number of fused-ring (bicyclic) bond motifs is 3. The lowest BCUT2D eigenvalue weighted by molar-refractivity contribution is 0.0525. The highest BCUT2D eigenvalue weighted by Gasteiger charge is 2.33. The molecular weight excluding hydrogens is 300 g/mol. The van der Waals surface area contributed by atoms with Crippen molar-refractivity contribution < 1.29 is 9.53 Å². The highest BCUT2D eigenvalue weighted by molar-refractivity contribution is 5.98. The Morgan fingerprint density at radius 3 is 2.83 bits per heavy atom. The number of carbonyl (C=O) groups is 1. The average molecular weight is 324 g/mol. The zero-order chi connectivity index (χ0) is 16.5. The van der Waals surface area contributed by atoms with Gasteiger partial charge in [-0.1, -0.05) is 43.5 Å². The predicted molar refractivity (Wildman–Crippen MR) is 93.1 cm³/mol. The zero-order valence-corrected chi connectivity index (χ0v) is 14.3. The van der Waals surface area contributed by atoms with Crippen LogP contribution in [0.1, 0.15) is 66.6 Å². The van der Waals surface area contributed by atoms with E-state index in [0.29, 0.717) is 12.5 Å². The van der Waals surface area contributed by atoms with Gasteiger partial charge in [0.1, 0.15) is 5.56 Å². The van der Waals surface area contributed by atoms with Crippen LogP contribution in [0, 0.1) is 0 Å². The minimum absolute atomic E-state index is 0.212. The van der Waals surface area contributed by atoms with Crippen molar-refractivity contribution in [2.24, 2.45) is 0 Å². The topological polar surface area (TPSA) is 44.1 Å². The Hall–Kier alpha value is -2.10. The van der Waals surface area contributed by atoms with Crippen molar-refractivity contribution in [1.29, 1.82) is 0 Å². The van der Waals surface area contributed by atoms with Crippen LogP contribution in [0.4, 0.5) is 0 Å². The van der Waals surface area contributed by atoms with Crippen molar-refractivity contribution >= 4 is 5.97 Å². The molecule has 0 N–H and O–H groups in total. The van der Waals surface area contributed by atoms with Gasteiger partial charge in [0.2, 0.25) is 0 Å². The van der Waals surface area contributed by atoms with Gasteiger partial charge in [-0.3, -0.25) is 4.68 Å². The second-order valence-corrected chi connectivity index (χ2v) is 6.79. The van der Waals surface area contributed by atoms with Gasteiger partial charge in [-0.15, -0.1) is 0 Å². The van der Waals surface area contributed by atoms with E-state index < -0.39 is 0 Å². The van der Waals surface area contributed by atoms with Gasteiger partial charge in [0, 0.05) is 18.0 Å². The van der Waals surface area contributed by atoms with Crippen LogP contribution in [-0.4, -0.2) is 22.4 Å². The lowest BCUT2D eigenvalue weighted by Crippen LogP contribution is -2.14. The number of esters is 1. The van der Waals surface area contributed by atoms with Crippen LogP contribution in [0.25, 0.3) is 11.3 Å². The van der Waals surface area contributed by atoms with E-state index >= 15 is 0 Å². The zero-order valence-electron chi connectivity index (χ0n) is 14.3. The number of ether oxygens (including phenoxy) is 1. The summed E-state index contributed by atoms with van der Waals surface area (Å²) in [5.74, 6) is 0.180. The summed E-state index contributed by atoms with van der Waals surface area (Å²) in [6, 6.07) is 8.37. The summed E-state index contributed by atoms with van der Waals surface area (Å²) in [7, 11) is 0. The molecule has 0 amide bonds. The second kappa shape index (κ2) is 6.42. The van der Waals surface area contributed by atoms with Gasteiger partial charge >= 0.3 is 5.97 Å². The molecule has 4 nitrogen and oxygen atoms in total. The fourth-order valence-corrected chi connectivity index (χ4v) is 4.18. The molecule has 24 heavy (non-hydrogen) atoms. The van der Waals surface area contributed by atoms with Crippen LogP contribution in [0.15, 0.2) is 24.3 Å². The lowest BCUT2D eigenvalue weighted by atomic mass is 9.84. The minimum atomic E-state index is -0.212. The van der Waals surface area contributed by atoms with Crippen molar-refractivity contribution in [2.45, 2.75) is 57.9 Å². The Balaban J connectivity index is 1.87. The molecule has 1 aromatic heterocycles. The van der Waals surface area contributed by atoms with Crippen molar-refractivity contribution in [2.75, 3.05) is 6.61 Å². The molecule has 0 unspecified atom stereocenters. The first kappa shape index (κ1) is 15.4. The largest absolute Gasteiger partial charge is 0.462 e. The SMILES string of the molecule is CCOC(=O)c1c(C2CCCCC2)nn2c1-c1ccccc1CC2. The van der Waals surface area contributed by atoms with Crippen LogP contribution >= 0.6 is 0 Å². The highest BCUT2D eigenvalue weighted by Crippen LogP contribution is 2.40. The molecule has 2 aliphatic rings. The summed E-state index contributed by atoms with van der Waals surface area (Å²) in [5.41, 5.74) is 5.10. The monoisotopic (exact) mass is 324 g/mol. The molecule has 2 heterocycles. The minimum Gasteiger partial charge on any atom is -0.462 e. The summed E-state index contributed by atoms with van der Waals surface area (Å²) in [4.78, 5) is 12.8. The first-order chi connectivity index (χ1) is 11.8. The Morgan fingerprint density at radius 2 is 2.04 bits per heavy atom. The van der Waals surface area contributed by atoms with E-state index in [1.54, 1.807) is 0 Å². The normalized spacial score (nSPS) is 17.2. The van der Waals surface area contributed by atoms with E-state index in [0.717, 1.165) is 48.3 Å². The van der Waals surface area contributed by atoms with E-state index in [9.17, 15) is 4.79 Å². The van der Waals surface area contributed by atoms with Crippen LogP contribution < -0.4 is 0 Å². The Kier molecular flexibility index (Phi) is 4.13. The number of aryl methyl sites for hydroxylation is 2. The summed E-state index contributed by atoms with van der Waals surface area (Å²) in [6.07, 6.45) is 6.98. The average Bonchev–Trinajstić information content (AvgIpc) is 3.03.